The molecule has 0 aromatic carbocycles. The maximum Gasteiger partial charge on any atom is 0.162 e. The van der Waals surface area contributed by atoms with Gasteiger partial charge in [-0.3, -0.25) is 0 Å². The summed E-state index contributed by atoms with van der Waals surface area (Å²) in [5, 5.41) is 3.43. The topological polar surface area (TPSA) is 47.0 Å². The number of rotatable bonds is 5. The second-order valence-electron chi connectivity index (χ2n) is 6.41. The third-order valence-electron chi connectivity index (χ3n) is 4.81. The van der Waals surface area contributed by atoms with Gasteiger partial charge in [0.1, 0.15) is 11.4 Å². The molecule has 1 heterocycles. The zero-order valence-corrected chi connectivity index (χ0v) is 14.1. The predicted molar refractivity (Wildman–Crippen MR) is 86.6 cm³/mol. The number of aromatic nitrogens is 2. The van der Waals surface area contributed by atoms with E-state index >= 15 is 0 Å². The first-order chi connectivity index (χ1) is 10.0. The van der Waals surface area contributed by atoms with Crippen LogP contribution < -0.4 is 5.32 Å². The molecule has 1 aromatic rings. The number of nitrogens with zero attached hydrogens (tertiary/aromatic N) is 2. The minimum absolute atomic E-state index is 0.298. The molecule has 1 saturated carbocycles. The molecule has 0 atom stereocenters. The van der Waals surface area contributed by atoms with Crippen LogP contribution in [0, 0.1) is 19.8 Å². The second-order valence-corrected chi connectivity index (χ2v) is 6.41. The number of hydrogen-bond acceptors (Lipinski definition) is 4. The predicted octanol–water partition coefficient (Wildman–Crippen LogP) is 3.97. The Hall–Kier alpha value is -1.16. The summed E-state index contributed by atoms with van der Waals surface area (Å²) in [6, 6.07) is 0. The van der Waals surface area contributed by atoms with Gasteiger partial charge < -0.3 is 10.1 Å². The lowest BCUT2D eigenvalue weighted by molar-refractivity contribution is -0.0597. The highest BCUT2D eigenvalue weighted by atomic mass is 16.5. The zero-order chi connectivity index (χ0) is 15.5. The molecule has 0 radical (unpaired) electrons. The van der Waals surface area contributed by atoms with Gasteiger partial charge in [0.25, 0.3) is 0 Å². The Balaban J connectivity index is 2.35. The molecule has 118 valence electrons. The van der Waals surface area contributed by atoms with Crippen LogP contribution in [0.3, 0.4) is 0 Å². The number of methoxy groups -OCH3 is 1. The highest BCUT2D eigenvalue weighted by Crippen LogP contribution is 2.41. The molecule has 0 aliphatic heterocycles. The van der Waals surface area contributed by atoms with Crippen molar-refractivity contribution >= 4 is 5.82 Å². The highest BCUT2D eigenvalue weighted by Gasteiger charge is 2.39. The van der Waals surface area contributed by atoms with Crippen LogP contribution in [0.4, 0.5) is 5.82 Å². The Morgan fingerprint density at radius 2 is 1.90 bits per heavy atom. The first kappa shape index (κ1) is 16.2. The average molecular weight is 291 g/mol. The van der Waals surface area contributed by atoms with Crippen molar-refractivity contribution in [2.24, 2.45) is 5.92 Å². The molecular formula is C17H29N3O. The average Bonchev–Trinajstić information content (AvgIpc) is 2.50. The van der Waals surface area contributed by atoms with Gasteiger partial charge in [0.2, 0.25) is 0 Å². The van der Waals surface area contributed by atoms with Gasteiger partial charge in [0, 0.05) is 24.9 Å². The summed E-state index contributed by atoms with van der Waals surface area (Å²) >= 11 is 0. The molecule has 4 nitrogen and oxygen atoms in total. The van der Waals surface area contributed by atoms with Gasteiger partial charge in [-0.15, -0.1) is 0 Å². The molecule has 21 heavy (non-hydrogen) atoms. The van der Waals surface area contributed by atoms with E-state index in [0.717, 1.165) is 54.6 Å². The van der Waals surface area contributed by atoms with Crippen molar-refractivity contribution in [1.82, 2.24) is 9.97 Å². The lowest BCUT2D eigenvalue weighted by Crippen LogP contribution is -2.35. The van der Waals surface area contributed by atoms with Crippen LogP contribution in [0.5, 0.6) is 0 Å². The normalized spacial score (nSPS) is 25.9. The lowest BCUT2D eigenvalue weighted by atomic mass is 9.79. The minimum atomic E-state index is -0.298. The molecule has 1 fully saturated rings. The Bertz CT molecular complexity index is 479. The Morgan fingerprint density at radius 1 is 1.24 bits per heavy atom. The van der Waals surface area contributed by atoms with Crippen molar-refractivity contribution in [2.45, 2.75) is 65.4 Å². The number of hydrogen-bond donors (Lipinski definition) is 1. The van der Waals surface area contributed by atoms with E-state index in [9.17, 15) is 0 Å². The van der Waals surface area contributed by atoms with Crippen LogP contribution in [-0.4, -0.2) is 23.6 Å². The van der Waals surface area contributed by atoms with E-state index in [2.05, 4.69) is 33.0 Å². The summed E-state index contributed by atoms with van der Waals surface area (Å²) in [6.45, 7) is 9.56. The Kier molecular flexibility index (Phi) is 5.20. The first-order valence-electron chi connectivity index (χ1n) is 8.17. The van der Waals surface area contributed by atoms with Gasteiger partial charge in [0.15, 0.2) is 5.82 Å². The van der Waals surface area contributed by atoms with Crippen LogP contribution in [0.2, 0.25) is 0 Å². The molecule has 0 spiro atoms. The van der Waals surface area contributed by atoms with Crippen molar-refractivity contribution in [3.63, 3.8) is 0 Å². The van der Waals surface area contributed by atoms with E-state index in [1.807, 2.05) is 0 Å². The van der Waals surface area contributed by atoms with Crippen molar-refractivity contribution in [1.29, 1.82) is 0 Å². The van der Waals surface area contributed by atoms with E-state index in [1.54, 1.807) is 7.11 Å². The van der Waals surface area contributed by atoms with Gasteiger partial charge in [-0.05, 0) is 51.9 Å². The van der Waals surface area contributed by atoms with Crippen LogP contribution in [-0.2, 0) is 10.3 Å². The van der Waals surface area contributed by atoms with Gasteiger partial charge in [0.05, 0.1) is 0 Å². The molecule has 2 rings (SSSR count). The van der Waals surface area contributed by atoms with Gasteiger partial charge >= 0.3 is 0 Å². The van der Waals surface area contributed by atoms with Crippen molar-refractivity contribution in [3.05, 3.63) is 17.1 Å². The second kappa shape index (κ2) is 6.73. The van der Waals surface area contributed by atoms with E-state index in [1.165, 1.54) is 12.8 Å². The minimum Gasteiger partial charge on any atom is -0.370 e. The summed E-state index contributed by atoms with van der Waals surface area (Å²) in [7, 11) is 1.80. The van der Waals surface area contributed by atoms with Gasteiger partial charge in [-0.2, -0.15) is 0 Å². The molecule has 0 amide bonds. The van der Waals surface area contributed by atoms with Crippen LogP contribution in [0.1, 0.15) is 63.0 Å². The number of anilines is 1. The molecule has 1 N–H and O–H groups in total. The fourth-order valence-corrected chi connectivity index (χ4v) is 3.00. The molecular weight excluding hydrogens is 262 g/mol. The summed E-state index contributed by atoms with van der Waals surface area (Å²) in [6.07, 6.45) is 5.48. The zero-order valence-electron chi connectivity index (χ0n) is 14.1. The number of aryl methyl sites for hydroxylation is 1. The summed E-state index contributed by atoms with van der Waals surface area (Å²) in [5.74, 6) is 2.60. The Morgan fingerprint density at radius 3 is 2.48 bits per heavy atom. The third kappa shape index (κ3) is 3.37. The van der Waals surface area contributed by atoms with E-state index < -0.39 is 0 Å². The summed E-state index contributed by atoms with van der Waals surface area (Å²) in [4.78, 5) is 9.57. The van der Waals surface area contributed by atoms with Crippen molar-refractivity contribution in [2.75, 3.05) is 19.0 Å². The Labute approximate surface area is 128 Å². The number of nitrogens with one attached hydrogen (secondary N) is 1. The van der Waals surface area contributed by atoms with Gasteiger partial charge in [-0.25, -0.2) is 9.97 Å². The van der Waals surface area contributed by atoms with Crippen molar-refractivity contribution < 1.29 is 4.74 Å². The van der Waals surface area contributed by atoms with E-state index in [0.29, 0.717) is 0 Å². The fourth-order valence-electron chi connectivity index (χ4n) is 3.00. The van der Waals surface area contributed by atoms with Crippen LogP contribution in [0.15, 0.2) is 0 Å². The fraction of sp³-hybridized carbons (Fsp3) is 0.765. The maximum absolute atomic E-state index is 5.91. The monoisotopic (exact) mass is 291 g/mol. The lowest BCUT2D eigenvalue weighted by Gasteiger charge is -2.37. The van der Waals surface area contributed by atoms with E-state index in [-0.39, 0.29) is 5.60 Å². The van der Waals surface area contributed by atoms with E-state index in [4.69, 9.17) is 14.7 Å². The summed E-state index contributed by atoms with van der Waals surface area (Å²) in [5.41, 5.74) is 1.89. The quantitative estimate of drug-likeness (QED) is 0.891. The molecule has 1 aliphatic rings. The summed E-state index contributed by atoms with van der Waals surface area (Å²) < 4.78 is 5.91. The number of ether oxygens (including phenoxy) is 1. The molecule has 1 aliphatic carbocycles. The maximum atomic E-state index is 5.91. The SMILES string of the molecule is CCCNc1nc(C2(OC)CCC(C)CC2)nc(C)c1C. The van der Waals surface area contributed by atoms with Crippen LogP contribution >= 0.6 is 0 Å². The highest BCUT2D eigenvalue weighted by molar-refractivity contribution is 5.46. The standard InChI is InChI=1S/C17H29N3O/c1-6-11-18-15-13(3)14(4)19-16(20-15)17(21-5)9-7-12(2)8-10-17/h12H,6-11H2,1-5H3,(H,18,19,20). The first-order valence-corrected chi connectivity index (χ1v) is 8.17. The molecule has 0 unspecified atom stereocenters. The molecule has 4 heteroatoms. The smallest absolute Gasteiger partial charge is 0.162 e. The van der Waals surface area contributed by atoms with Crippen LogP contribution in [0.25, 0.3) is 0 Å². The molecule has 0 saturated heterocycles. The third-order valence-corrected chi connectivity index (χ3v) is 4.81. The van der Waals surface area contributed by atoms with Crippen molar-refractivity contribution in [3.8, 4) is 0 Å². The van der Waals surface area contributed by atoms with Gasteiger partial charge in [-0.1, -0.05) is 13.8 Å². The largest absolute Gasteiger partial charge is 0.370 e. The molecule has 0 bridgehead atoms. The molecule has 1 aromatic heterocycles.